The van der Waals surface area contributed by atoms with Gasteiger partial charge in [0, 0.05) is 52.2 Å². The van der Waals surface area contributed by atoms with E-state index in [1.165, 1.54) is 11.1 Å². The van der Waals surface area contributed by atoms with Crippen LogP contribution in [0.25, 0.3) is 0 Å². The average Bonchev–Trinajstić information content (AvgIpc) is 3.39. The molecule has 2 heterocycles. The average molecular weight is 386 g/mol. The molecule has 152 valence electrons. The summed E-state index contributed by atoms with van der Waals surface area (Å²) in [5, 5.41) is 6.56. The fraction of sp³-hybridized carbons (Fsp3) is 0.619. The second-order valence-electron chi connectivity index (χ2n) is 7.87. The number of aliphatic imine (C=N–C) groups is 1. The monoisotopic (exact) mass is 385 g/mol. The summed E-state index contributed by atoms with van der Waals surface area (Å²) in [7, 11) is 1.84. The Labute approximate surface area is 167 Å². The van der Waals surface area contributed by atoms with Crippen LogP contribution in [0, 0.1) is 0 Å². The van der Waals surface area contributed by atoms with Crippen LogP contribution in [-0.4, -0.2) is 80.6 Å². The van der Waals surface area contributed by atoms with Crippen LogP contribution in [0.4, 0.5) is 0 Å². The Morgan fingerprint density at radius 3 is 2.82 bits per heavy atom. The summed E-state index contributed by atoms with van der Waals surface area (Å²) in [6.45, 7) is 5.75. The van der Waals surface area contributed by atoms with E-state index in [1.807, 2.05) is 7.05 Å². The van der Waals surface area contributed by atoms with Gasteiger partial charge in [-0.05, 0) is 36.5 Å². The van der Waals surface area contributed by atoms with Crippen molar-refractivity contribution < 1.29 is 9.53 Å². The molecule has 0 radical (unpaired) electrons. The zero-order chi connectivity index (χ0) is 19.3. The minimum atomic E-state index is 0.165. The molecule has 0 aromatic heterocycles. The topological polar surface area (TPSA) is 69.2 Å². The van der Waals surface area contributed by atoms with Gasteiger partial charge in [0.2, 0.25) is 5.91 Å². The van der Waals surface area contributed by atoms with Crippen LogP contribution < -0.4 is 15.4 Å². The maximum absolute atomic E-state index is 12.0. The van der Waals surface area contributed by atoms with Gasteiger partial charge in [0.25, 0.3) is 0 Å². The first-order valence-corrected chi connectivity index (χ1v) is 10.4. The first-order valence-electron chi connectivity index (χ1n) is 10.4. The number of hydrogen-bond donors (Lipinski definition) is 2. The summed E-state index contributed by atoms with van der Waals surface area (Å²) in [6.07, 6.45) is 4.26. The molecule has 0 spiro atoms. The molecule has 28 heavy (non-hydrogen) atoms. The van der Waals surface area contributed by atoms with E-state index in [1.54, 1.807) is 0 Å². The number of hydrogen-bond acceptors (Lipinski definition) is 4. The summed E-state index contributed by atoms with van der Waals surface area (Å²) in [5.41, 5.74) is 2.66. The molecule has 1 amide bonds. The van der Waals surface area contributed by atoms with Crippen molar-refractivity contribution in [2.45, 2.75) is 31.7 Å². The number of nitrogens with one attached hydrogen (secondary N) is 2. The van der Waals surface area contributed by atoms with Crippen molar-refractivity contribution in [1.29, 1.82) is 0 Å². The Morgan fingerprint density at radius 1 is 1.25 bits per heavy atom. The maximum atomic E-state index is 12.0. The van der Waals surface area contributed by atoms with E-state index in [9.17, 15) is 4.79 Å². The van der Waals surface area contributed by atoms with Crippen LogP contribution in [0.2, 0.25) is 0 Å². The van der Waals surface area contributed by atoms with Gasteiger partial charge in [-0.25, -0.2) is 0 Å². The highest BCUT2D eigenvalue weighted by Crippen LogP contribution is 2.25. The van der Waals surface area contributed by atoms with E-state index in [-0.39, 0.29) is 5.91 Å². The first-order chi connectivity index (χ1) is 13.7. The number of guanidine groups is 1. The van der Waals surface area contributed by atoms with Gasteiger partial charge in [0.05, 0.1) is 13.2 Å². The molecule has 0 unspecified atom stereocenters. The van der Waals surface area contributed by atoms with E-state index in [2.05, 4.69) is 43.6 Å². The van der Waals surface area contributed by atoms with Crippen molar-refractivity contribution in [1.82, 2.24) is 20.4 Å². The number of rotatable bonds is 6. The fourth-order valence-electron chi connectivity index (χ4n) is 3.87. The van der Waals surface area contributed by atoms with Crippen LogP contribution in [0.5, 0.6) is 5.75 Å². The normalized spacial score (nSPS) is 19.9. The molecule has 7 heteroatoms. The highest BCUT2D eigenvalue weighted by Gasteiger charge is 2.25. The SMILES string of the molecule is CN=C(NCCc1ccc2c(c1)CCO2)N1CCN(CC(=O)NC2CC2)CC1. The molecule has 1 saturated heterocycles. The molecule has 4 rings (SSSR count). The van der Waals surface area contributed by atoms with Crippen molar-refractivity contribution in [3.63, 3.8) is 0 Å². The van der Waals surface area contributed by atoms with Crippen LogP contribution in [0.1, 0.15) is 24.0 Å². The lowest BCUT2D eigenvalue weighted by atomic mass is 10.1. The molecule has 0 bridgehead atoms. The lowest BCUT2D eigenvalue weighted by Gasteiger charge is -2.36. The minimum Gasteiger partial charge on any atom is -0.493 e. The van der Waals surface area contributed by atoms with Crippen LogP contribution in [0.15, 0.2) is 23.2 Å². The Morgan fingerprint density at radius 2 is 2.07 bits per heavy atom. The molecular weight excluding hydrogens is 354 g/mol. The molecule has 1 aliphatic carbocycles. The van der Waals surface area contributed by atoms with Crippen molar-refractivity contribution in [2.24, 2.45) is 4.99 Å². The number of nitrogens with zero attached hydrogens (tertiary/aromatic N) is 3. The molecule has 0 atom stereocenters. The number of fused-ring (bicyclic) bond motifs is 1. The Hall–Kier alpha value is -2.28. The number of ether oxygens (including phenoxy) is 1. The van der Waals surface area contributed by atoms with E-state index in [0.29, 0.717) is 12.6 Å². The Bertz CT molecular complexity index is 724. The third-order valence-corrected chi connectivity index (χ3v) is 5.64. The smallest absolute Gasteiger partial charge is 0.234 e. The molecule has 7 nitrogen and oxygen atoms in total. The zero-order valence-corrected chi connectivity index (χ0v) is 16.7. The third-order valence-electron chi connectivity index (χ3n) is 5.64. The molecule has 1 aromatic carbocycles. The lowest BCUT2D eigenvalue weighted by Crippen LogP contribution is -2.54. The second kappa shape index (κ2) is 8.82. The highest BCUT2D eigenvalue weighted by molar-refractivity contribution is 5.80. The number of amides is 1. The van der Waals surface area contributed by atoms with E-state index >= 15 is 0 Å². The van der Waals surface area contributed by atoms with Gasteiger partial charge in [-0.3, -0.25) is 14.7 Å². The van der Waals surface area contributed by atoms with Gasteiger partial charge in [-0.2, -0.15) is 0 Å². The van der Waals surface area contributed by atoms with E-state index in [0.717, 1.165) is 76.7 Å². The molecule has 3 aliphatic rings. The van der Waals surface area contributed by atoms with Gasteiger partial charge in [-0.1, -0.05) is 12.1 Å². The number of benzene rings is 1. The third kappa shape index (κ3) is 4.95. The van der Waals surface area contributed by atoms with Crippen molar-refractivity contribution in [2.75, 3.05) is 52.9 Å². The lowest BCUT2D eigenvalue weighted by molar-refractivity contribution is -0.122. The second-order valence-corrected chi connectivity index (χ2v) is 7.87. The molecule has 2 aliphatic heterocycles. The first kappa shape index (κ1) is 19.1. The number of piperazine rings is 1. The van der Waals surface area contributed by atoms with Gasteiger partial charge < -0.3 is 20.3 Å². The van der Waals surface area contributed by atoms with Gasteiger partial charge in [-0.15, -0.1) is 0 Å². The van der Waals surface area contributed by atoms with Crippen molar-refractivity contribution in [3.05, 3.63) is 29.3 Å². The predicted octanol–water partition coefficient (Wildman–Crippen LogP) is 0.636. The van der Waals surface area contributed by atoms with Crippen LogP contribution in [-0.2, 0) is 17.6 Å². The summed E-state index contributed by atoms with van der Waals surface area (Å²) in [5.74, 6) is 2.15. The van der Waals surface area contributed by atoms with E-state index in [4.69, 9.17) is 4.74 Å². The van der Waals surface area contributed by atoms with Gasteiger partial charge >= 0.3 is 0 Å². The largest absolute Gasteiger partial charge is 0.493 e. The standard InChI is InChI=1S/C21H31N5O2/c1-22-21(23-8-6-16-2-5-19-17(14-16)7-13-28-19)26-11-9-25(10-12-26)15-20(27)24-18-3-4-18/h2,5,14,18H,3-4,6-13,15H2,1H3,(H,22,23)(H,24,27). The van der Waals surface area contributed by atoms with Crippen LogP contribution >= 0.6 is 0 Å². The summed E-state index contributed by atoms with van der Waals surface area (Å²) in [4.78, 5) is 20.9. The highest BCUT2D eigenvalue weighted by atomic mass is 16.5. The molecule has 1 saturated carbocycles. The number of carbonyl (C=O) groups excluding carboxylic acids is 1. The molecule has 2 N–H and O–H groups in total. The zero-order valence-electron chi connectivity index (χ0n) is 16.7. The van der Waals surface area contributed by atoms with Gasteiger partial charge in [0.1, 0.15) is 5.75 Å². The van der Waals surface area contributed by atoms with Crippen molar-refractivity contribution in [3.8, 4) is 5.75 Å². The molecular formula is C21H31N5O2. The predicted molar refractivity (Wildman–Crippen MR) is 110 cm³/mol. The minimum absolute atomic E-state index is 0.165. The molecule has 1 aromatic rings. The number of carbonyl (C=O) groups is 1. The Balaban J connectivity index is 1.19. The summed E-state index contributed by atoms with van der Waals surface area (Å²) in [6, 6.07) is 6.94. The summed E-state index contributed by atoms with van der Waals surface area (Å²) >= 11 is 0. The Kier molecular flexibility index (Phi) is 6.00. The quantitative estimate of drug-likeness (QED) is 0.556. The molecule has 2 fully saturated rings. The van der Waals surface area contributed by atoms with Crippen molar-refractivity contribution >= 4 is 11.9 Å². The van der Waals surface area contributed by atoms with E-state index < -0.39 is 0 Å². The summed E-state index contributed by atoms with van der Waals surface area (Å²) < 4.78 is 5.58. The van der Waals surface area contributed by atoms with Crippen LogP contribution in [0.3, 0.4) is 0 Å². The van der Waals surface area contributed by atoms with Gasteiger partial charge in [0.15, 0.2) is 5.96 Å². The fourth-order valence-corrected chi connectivity index (χ4v) is 3.87. The maximum Gasteiger partial charge on any atom is 0.234 e.